The third-order valence-corrected chi connectivity index (χ3v) is 12.2. The van der Waals surface area contributed by atoms with Crippen LogP contribution in [0, 0.1) is 34.0 Å². The van der Waals surface area contributed by atoms with Crippen LogP contribution in [0.5, 0.6) is 0 Å². The Bertz CT molecular complexity index is 963. The van der Waals surface area contributed by atoms with Gasteiger partial charge in [0.15, 0.2) is 4.90 Å². The Morgan fingerprint density at radius 2 is 1.76 bits per heavy atom. The number of benzene rings is 1. The van der Waals surface area contributed by atoms with Gasteiger partial charge in [-0.05, 0) is 107 Å². The summed E-state index contributed by atoms with van der Waals surface area (Å²) in [5, 5.41) is 10.8. The zero-order chi connectivity index (χ0) is 23.6. The van der Waals surface area contributed by atoms with Gasteiger partial charge in [0.2, 0.25) is 0 Å². The second kappa shape index (κ2) is 8.28. The van der Waals surface area contributed by atoms with Crippen molar-refractivity contribution in [3.8, 4) is 0 Å². The molecule has 4 aliphatic rings. The summed E-state index contributed by atoms with van der Waals surface area (Å²) < 4.78 is 13.1. The number of hydrogen-bond donors (Lipinski definition) is 1. The fourth-order valence-corrected chi connectivity index (χ4v) is 9.96. The molecule has 1 saturated carbocycles. The first-order valence-electron chi connectivity index (χ1n) is 13.1. The first-order chi connectivity index (χ1) is 15.6. The molecule has 0 radical (unpaired) electrons. The summed E-state index contributed by atoms with van der Waals surface area (Å²) in [6, 6.07) is 9.98. The van der Waals surface area contributed by atoms with Crippen LogP contribution < -0.4 is 0 Å². The van der Waals surface area contributed by atoms with E-state index in [9.17, 15) is 9.66 Å². The molecule has 0 heterocycles. The van der Waals surface area contributed by atoms with E-state index >= 15 is 0 Å². The molecule has 0 bridgehead atoms. The lowest BCUT2D eigenvalue weighted by Crippen LogP contribution is -2.53. The van der Waals surface area contributed by atoms with E-state index in [0.29, 0.717) is 17.8 Å². The summed E-state index contributed by atoms with van der Waals surface area (Å²) in [6.07, 6.45) is 10.4. The van der Waals surface area contributed by atoms with Gasteiger partial charge in [-0.1, -0.05) is 64.5 Å². The fraction of sp³-hybridized carbons (Fsp3) is 0.667. The first-order valence-corrected chi connectivity index (χ1v) is 14.5. The van der Waals surface area contributed by atoms with Crippen LogP contribution in [0.25, 0.3) is 0 Å². The molecule has 4 aliphatic carbocycles. The van der Waals surface area contributed by atoms with Crippen molar-refractivity contribution in [2.45, 2.75) is 90.6 Å². The van der Waals surface area contributed by atoms with Crippen LogP contribution in [0.1, 0.15) is 79.6 Å². The van der Waals surface area contributed by atoms with E-state index in [1.807, 2.05) is 30.3 Å². The minimum absolute atomic E-state index is 0.00507. The highest BCUT2D eigenvalue weighted by Crippen LogP contribution is 2.66. The smallest absolute Gasteiger partial charge is 0.152 e. The molecule has 1 fully saturated rings. The van der Waals surface area contributed by atoms with Crippen LogP contribution in [-0.4, -0.2) is 21.5 Å². The standard InChI is InChI=1S/C30H42O2S/c1-20(19-33(32)21-9-7-6-8-10-21)23-12-13-24-22-11-14-26-28(2,3)27(31)16-18-30(26,5)25(22)15-17-29(23,24)4/h6-10,13,20,23,26-27,31H,11-12,14-19H2,1-5H3/t20?,23-,26+,27+,29-,30-,33?/m1/s1. The number of hydrogen-bond acceptors (Lipinski definition) is 2. The van der Waals surface area contributed by atoms with Gasteiger partial charge < -0.3 is 9.66 Å². The van der Waals surface area contributed by atoms with E-state index in [4.69, 9.17) is 0 Å². The van der Waals surface area contributed by atoms with Crippen LogP contribution in [0.2, 0.25) is 0 Å². The Morgan fingerprint density at radius 3 is 2.48 bits per heavy atom. The molecule has 0 aromatic heterocycles. The van der Waals surface area contributed by atoms with Gasteiger partial charge in [-0.15, -0.1) is 0 Å². The van der Waals surface area contributed by atoms with Crippen molar-refractivity contribution in [2.75, 3.05) is 5.75 Å². The van der Waals surface area contributed by atoms with Gasteiger partial charge in [0.1, 0.15) is 5.75 Å². The largest absolute Gasteiger partial charge is 0.611 e. The number of fused-ring (bicyclic) bond motifs is 4. The first kappa shape index (κ1) is 23.7. The highest BCUT2D eigenvalue weighted by molar-refractivity contribution is 7.91. The molecule has 0 amide bonds. The topological polar surface area (TPSA) is 43.3 Å². The van der Waals surface area contributed by atoms with Gasteiger partial charge in [0.05, 0.1) is 6.10 Å². The maximum atomic E-state index is 13.1. The highest BCUT2D eigenvalue weighted by atomic mass is 32.2. The monoisotopic (exact) mass is 466 g/mol. The highest BCUT2D eigenvalue weighted by Gasteiger charge is 2.57. The maximum absolute atomic E-state index is 13.1. The van der Waals surface area contributed by atoms with Crippen molar-refractivity contribution >= 4 is 11.2 Å². The van der Waals surface area contributed by atoms with E-state index in [1.54, 1.807) is 16.7 Å². The molecular weight excluding hydrogens is 424 g/mol. The van der Waals surface area contributed by atoms with Gasteiger partial charge in [0.25, 0.3) is 0 Å². The summed E-state index contributed by atoms with van der Waals surface area (Å²) in [4.78, 5) is 0.961. The molecule has 180 valence electrons. The van der Waals surface area contributed by atoms with Crippen molar-refractivity contribution < 1.29 is 9.66 Å². The normalized spacial score (nSPS) is 39.2. The predicted octanol–water partition coefficient (Wildman–Crippen LogP) is 7.07. The Hall–Kier alpha value is -1.03. The SMILES string of the molecule is CC(C[S+]([O-])c1ccccc1)[C@H]1CC=C2C3=C(CC[C@@]21C)[C@@]1(C)CC[C@H](O)C(C)(C)[C@@H]1CC3. The van der Waals surface area contributed by atoms with Crippen molar-refractivity contribution in [3.05, 3.63) is 53.1 Å². The minimum atomic E-state index is -0.931. The van der Waals surface area contributed by atoms with Gasteiger partial charge in [-0.3, -0.25) is 0 Å². The van der Waals surface area contributed by atoms with Gasteiger partial charge in [-0.25, -0.2) is 0 Å². The van der Waals surface area contributed by atoms with Crippen LogP contribution in [0.4, 0.5) is 0 Å². The van der Waals surface area contributed by atoms with Crippen molar-refractivity contribution in [1.29, 1.82) is 0 Å². The molecule has 0 saturated heterocycles. The molecular formula is C30H42O2S. The van der Waals surface area contributed by atoms with Crippen LogP contribution >= 0.6 is 0 Å². The number of rotatable bonds is 4. The Labute approximate surface area is 204 Å². The Kier molecular flexibility index (Phi) is 5.94. The Balaban J connectivity index is 1.39. The zero-order valence-electron chi connectivity index (χ0n) is 21.2. The average molecular weight is 467 g/mol. The van der Waals surface area contributed by atoms with Gasteiger partial charge in [-0.2, -0.15) is 0 Å². The van der Waals surface area contributed by atoms with Gasteiger partial charge >= 0.3 is 0 Å². The molecule has 33 heavy (non-hydrogen) atoms. The van der Waals surface area contributed by atoms with Crippen LogP contribution in [0.15, 0.2) is 58.0 Å². The minimum Gasteiger partial charge on any atom is -0.611 e. The van der Waals surface area contributed by atoms with E-state index in [1.165, 1.54) is 25.7 Å². The van der Waals surface area contributed by atoms with E-state index < -0.39 is 11.2 Å². The zero-order valence-corrected chi connectivity index (χ0v) is 22.0. The third-order valence-electron chi connectivity index (χ3n) is 10.5. The molecule has 0 aliphatic heterocycles. The molecule has 2 nitrogen and oxygen atoms in total. The lowest BCUT2D eigenvalue weighted by Gasteiger charge is -2.59. The average Bonchev–Trinajstić information content (AvgIpc) is 3.14. The van der Waals surface area contributed by atoms with Crippen molar-refractivity contribution in [2.24, 2.45) is 34.0 Å². The summed E-state index contributed by atoms with van der Waals surface area (Å²) in [6.45, 7) is 12.0. The molecule has 3 heteroatoms. The number of aliphatic hydroxyl groups is 1. The Morgan fingerprint density at radius 1 is 1.03 bits per heavy atom. The molecule has 2 unspecified atom stereocenters. The second-order valence-corrected chi connectivity index (χ2v) is 14.0. The molecule has 7 atom stereocenters. The van der Waals surface area contributed by atoms with Crippen molar-refractivity contribution in [1.82, 2.24) is 0 Å². The lowest BCUT2D eigenvalue weighted by atomic mass is 9.46. The quantitative estimate of drug-likeness (QED) is 0.482. The molecule has 5 rings (SSSR count). The molecule has 0 spiro atoms. The summed E-state index contributed by atoms with van der Waals surface area (Å²) in [5.41, 5.74) is 5.48. The van der Waals surface area contributed by atoms with Crippen LogP contribution in [0.3, 0.4) is 0 Å². The van der Waals surface area contributed by atoms with Crippen molar-refractivity contribution in [3.63, 3.8) is 0 Å². The predicted molar refractivity (Wildman–Crippen MR) is 137 cm³/mol. The van der Waals surface area contributed by atoms with Gasteiger partial charge in [0, 0.05) is 5.92 Å². The third kappa shape index (κ3) is 3.60. The lowest BCUT2D eigenvalue weighted by molar-refractivity contribution is -0.0905. The fourth-order valence-electron chi connectivity index (χ4n) is 8.60. The number of allylic oxidation sites excluding steroid dienone is 4. The molecule has 1 aromatic carbocycles. The van der Waals surface area contributed by atoms with E-state index in [2.05, 4.69) is 40.7 Å². The van der Waals surface area contributed by atoms with E-state index in [-0.39, 0.29) is 22.3 Å². The molecule has 1 aromatic rings. The maximum Gasteiger partial charge on any atom is 0.152 e. The summed E-state index contributed by atoms with van der Waals surface area (Å²) in [7, 11) is 0. The second-order valence-electron chi connectivity index (χ2n) is 12.5. The van der Waals surface area contributed by atoms with E-state index in [0.717, 1.165) is 29.9 Å². The number of aliphatic hydroxyl groups excluding tert-OH is 1. The summed E-state index contributed by atoms with van der Waals surface area (Å²) in [5.74, 6) is 2.33. The van der Waals surface area contributed by atoms with Crippen LogP contribution in [-0.2, 0) is 11.2 Å². The molecule has 1 N–H and O–H groups in total. The summed E-state index contributed by atoms with van der Waals surface area (Å²) >= 11 is -0.931.